The molecule has 0 aromatic carbocycles. The Bertz CT molecular complexity index is 401. The molecule has 0 fully saturated rings. The number of hydrogen-bond donors (Lipinski definition) is 2. The van der Waals surface area contributed by atoms with Gasteiger partial charge in [0.2, 0.25) is 0 Å². The molecule has 2 heterocycles. The van der Waals surface area contributed by atoms with Crippen LogP contribution in [0.15, 0.2) is 24.5 Å². The fourth-order valence-electron chi connectivity index (χ4n) is 1.51. The first kappa shape index (κ1) is 9.21. The van der Waals surface area contributed by atoms with Crippen molar-refractivity contribution in [2.45, 2.75) is 20.0 Å². The highest BCUT2D eigenvalue weighted by Gasteiger charge is 2.13. The summed E-state index contributed by atoms with van der Waals surface area (Å²) < 4.78 is 0. The lowest BCUT2D eigenvalue weighted by atomic mass is 10.0. The third-order valence-electron chi connectivity index (χ3n) is 2.39. The van der Waals surface area contributed by atoms with Gasteiger partial charge in [-0.05, 0) is 18.1 Å². The monoisotopic (exact) mass is 190 g/mol. The predicted molar refractivity (Wildman–Crippen MR) is 55.9 cm³/mol. The largest absolute Gasteiger partial charge is 0.387 e. The summed E-state index contributed by atoms with van der Waals surface area (Å²) in [6.45, 7) is 3.99. The van der Waals surface area contributed by atoms with Crippen LogP contribution in [0.25, 0.3) is 10.9 Å². The Morgan fingerprint density at radius 1 is 1.43 bits per heavy atom. The fraction of sp³-hybridized carbons (Fsp3) is 0.364. The molecule has 74 valence electrons. The van der Waals surface area contributed by atoms with Crippen molar-refractivity contribution in [2.75, 3.05) is 0 Å². The Labute approximate surface area is 82.8 Å². The number of nitrogens with zero attached hydrogens (tertiary/aromatic N) is 1. The van der Waals surface area contributed by atoms with Crippen LogP contribution in [0.1, 0.15) is 25.6 Å². The normalized spacial score (nSPS) is 13.7. The van der Waals surface area contributed by atoms with Crippen LogP contribution < -0.4 is 0 Å². The van der Waals surface area contributed by atoms with Gasteiger partial charge < -0.3 is 10.1 Å². The zero-order valence-electron chi connectivity index (χ0n) is 8.36. The quantitative estimate of drug-likeness (QED) is 0.763. The van der Waals surface area contributed by atoms with E-state index in [-0.39, 0.29) is 5.92 Å². The third kappa shape index (κ3) is 1.51. The Morgan fingerprint density at radius 2 is 2.21 bits per heavy atom. The number of aliphatic hydroxyl groups is 1. The molecule has 3 nitrogen and oxygen atoms in total. The van der Waals surface area contributed by atoms with Gasteiger partial charge in [-0.1, -0.05) is 13.8 Å². The van der Waals surface area contributed by atoms with Crippen molar-refractivity contribution in [1.82, 2.24) is 9.97 Å². The summed E-state index contributed by atoms with van der Waals surface area (Å²) in [6.07, 6.45) is 3.09. The van der Waals surface area contributed by atoms with Crippen LogP contribution in [-0.4, -0.2) is 15.1 Å². The molecular weight excluding hydrogens is 176 g/mol. The van der Waals surface area contributed by atoms with E-state index in [0.29, 0.717) is 0 Å². The van der Waals surface area contributed by atoms with Gasteiger partial charge in [0.05, 0.1) is 17.8 Å². The number of hydrogen-bond acceptors (Lipinski definition) is 2. The molecular formula is C11H14N2O. The first-order chi connectivity index (χ1) is 6.68. The maximum Gasteiger partial charge on any atom is 0.0960 e. The summed E-state index contributed by atoms with van der Waals surface area (Å²) in [5.74, 6) is 0.219. The Balaban J connectivity index is 2.45. The minimum atomic E-state index is -0.428. The van der Waals surface area contributed by atoms with Gasteiger partial charge in [-0.15, -0.1) is 0 Å². The maximum atomic E-state index is 9.85. The molecule has 0 saturated heterocycles. The van der Waals surface area contributed by atoms with E-state index in [4.69, 9.17) is 0 Å². The second-order valence-corrected chi connectivity index (χ2v) is 3.88. The number of aromatic nitrogens is 2. The minimum absolute atomic E-state index is 0.219. The number of aliphatic hydroxyl groups excluding tert-OH is 1. The molecule has 2 rings (SSSR count). The van der Waals surface area contributed by atoms with E-state index < -0.39 is 6.10 Å². The highest BCUT2D eigenvalue weighted by molar-refractivity contribution is 5.79. The highest BCUT2D eigenvalue weighted by atomic mass is 16.3. The number of pyridine rings is 1. The molecule has 0 saturated carbocycles. The second-order valence-electron chi connectivity index (χ2n) is 3.88. The SMILES string of the molecule is CC(C)[C@H](O)c1cc2ccncc2[nH]1. The highest BCUT2D eigenvalue weighted by Crippen LogP contribution is 2.23. The summed E-state index contributed by atoms with van der Waals surface area (Å²) >= 11 is 0. The lowest BCUT2D eigenvalue weighted by Crippen LogP contribution is -2.05. The molecule has 0 aliphatic heterocycles. The van der Waals surface area contributed by atoms with Crippen molar-refractivity contribution in [1.29, 1.82) is 0 Å². The smallest absolute Gasteiger partial charge is 0.0960 e. The lowest BCUT2D eigenvalue weighted by molar-refractivity contribution is 0.123. The second kappa shape index (κ2) is 3.42. The standard InChI is InChI=1S/C11H14N2O/c1-7(2)11(14)9-5-8-3-4-12-6-10(8)13-9/h3-7,11,13-14H,1-2H3/t11-/m0/s1. The van der Waals surface area contributed by atoms with E-state index >= 15 is 0 Å². The van der Waals surface area contributed by atoms with Crippen molar-refractivity contribution in [2.24, 2.45) is 5.92 Å². The maximum absolute atomic E-state index is 9.85. The van der Waals surface area contributed by atoms with Gasteiger partial charge in [0.15, 0.2) is 0 Å². The molecule has 0 radical (unpaired) electrons. The van der Waals surface area contributed by atoms with E-state index in [0.717, 1.165) is 16.6 Å². The molecule has 0 unspecified atom stereocenters. The molecule has 14 heavy (non-hydrogen) atoms. The average Bonchev–Trinajstić information content (AvgIpc) is 2.59. The number of fused-ring (bicyclic) bond motifs is 1. The topological polar surface area (TPSA) is 48.9 Å². The van der Waals surface area contributed by atoms with Crippen LogP contribution in [-0.2, 0) is 0 Å². The first-order valence-corrected chi connectivity index (χ1v) is 4.79. The summed E-state index contributed by atoms with van der Waals surface area (Å²) in [7, 11) is 0. The first-order valence-electron chi connectivity index (χ1n) is 4.79. The van der Waals surface area contributed by atoms with Crippen molar-refractivity contribution >= 4 is 10.9 Å². The van der Waals surface area contributed by atoms with Gasteiger partial charge in [0.1, 0.15) is 0 Å². The molecule has 3 heteroatoms. The molecule has 2 aromatic heterocycles. The number of H-pyrrole nitrogens is 1. The lowest BCUT2D eigenvalue weighted by Gasteiger charge is -2.11. The molecule has 0 aliphatic rings. The van der Waals surface area contributed by atoms with Crippen LogP contribution in [0.2, 0.25) is 0 Å². The zero-order chi connectivity index (χ0) is 10.1. The molecule has 0 amide bonds. The van der Waals surface area contributed by atoms with Gasteiger partial charge in [-0.25, -0.2) is 0 Å². The van der Waals surface area contributed by atoms with Gasteiger partial charge in [0.25, 0.3) is 0 Å². The van der Waals surface area contributed by atoms with Crippen molar-refractivity contribution in [3.05, 3.63) is 30.2 Å². The number of rotatable bonds is 2. The Hall–Kier alpha value is -1.35. The van der Waals surface area contributed by atoms with Crippen molar-refractivity contribution in [3.8, 4) is 0 Å². The van der Waals surface area contributed by atoms with E-state index in [2.05, 4.69) is 9.97 Å². The summed E-state index contributed by atoms with van der Waals surface area (Å²) in [4.78, 5) is 7.18. The average molecular weight is 190 g/mol. The van der Waals surface area contributed by atoms with Gasteiger partial charge in [0, 0.05) is 17.3 Å². The summed E-state index contributed by atoms with van der Waals surface area (Å²) in [6, 6.07) is 3.91. The van der Waals surface area contributed by atoms with Gasteiger partial charge in [-0.3, -0.25) is 4.98 Å². The molecule has 2 aromatic rings. The van der Waals surface area contributed by atoms with E-state index in [1.165, 1.54) is 0 Å². The fourth-order valence-corrected chi connectivity index (χ4v) is 1.51. The number of nitrogens with one attached hydrogen (secondary N) is 1. The van der Waals surface area contributed by atoms with E-state index in [1.807, 2.05) is 26.0 Å². The zero-order valence-corrected chi connectivity index (χ0v) is 8.36. The Kier molecular flexibility index (Phi) is 2.25. The van der Waals surface area contributed by atoms with Crippen LogP contribution >= 0.6 is 0 Å². The molecule has 1 atom stereocenters. The predicted octanol–water partition coefficient (Wildman–Crippen LogP) is 2.25. The van der Waals surface area contributed by atoms with Gasteiger partial charge in [-0.2, -0.15) is 0 Å². The third-order valence-corrected chi connectivity index (χ3v) is 2.39. The van der Waals surface area contributed by atoms with E-state index in [9.17, 15) is 5.11 Å². The van der Waals surface area contributed by atoms with Crippen LogP contribution in [0.5, 0.6) is 0 Å². The van der Waals surface area contributed by atoms with Crippen molar-refractivity contribution in [3.63, 3.8) is 0 Å². The minimum Gasteiger partial charge on any atom is -0.387 e. The van der Waals surface area contributed by atoms with Crippen LogP contribution in [0, 0.1) is 5.92 Å². The Morgan fingerprint density at radius 3 is 2.86 bits per heavy atom. The summed E-state index contributed by atoms with van der Waals surface area (Å²) in [5, 5.41) is 10.9. The van der Waals surface area contributed by atoms with Gasteiger partial charge >= 0.3 is 0 Å². The molecule has 2 N–H and O–H groups in total. The van der Waals surface area contributed by atoms with Crippen LogP contribution in [0.3, 0.4) is 0 Å². The molecule has 0 aliphatic carbocycles. The summed E-state index contributed by atoms with van der Waals surface area (Å²) in [5.41, 5.74) is 1.84. The van der Waals surface area contributed by atoms with E-state index in [1.54, 1.807) is 12.4 Å². The number of aromatic amines is 1. The van der Waals surface area contributed by atoms with Crippen LogP contribution in [0.4, 0.5) is 0 Å². The van der Waals surface area contributed by atoms with Crippen molar-refractivity contribution < 1.29 is 5.11 Å². The molecule has 0 spiro atoms. The molecule has 0 bridgehead atoms.